The van der Waals surface area contributed by atoms with E-state index in [9.17, 15) is 9.90 Å². The lowest BCUT2D eigenvalue weighted by atomic mass is 9.99. The van der Waals surface area contributed by atoms with E-state index in [-0.39, 0.29) is 12.0 Å². The number of rotatable bonds is 2. The number of aliphatic hydroxyl groups is 1. The fourth-order valence-corrected chi connectivity index (χ4v) is 3.36. The minimum absolute atomic E-state index is 0.00983. The molecule has 1 amide bonds. The van der Waals surface area contributed by atoms with Crippen LogP contribution in [0.1, 0.15) is 42.0 Å². The van der Waals surface area contributed by atoms with Crippen LogP contribution in [0, 0.1) is 6.92 Å². The molecule has 0 unspecified atom stereocenters. The number of nitrogens with one attached hydrogen (secondary N) is 1. The highest BCUT2D eigenvalue weighted by Gasteiger charge is 2.30. The number of imidazole rings is 1. The molecule has 0 radical (unpaired) electrons. The van der Waals surface area contributed by atoms with Gasteiger partial charge in [-0.3, -0.25) is 4.79 Å². The molecule has 0 aliphatic carbocycles. The second-order valence-corrected chi connectivity index (χ2v) is 6.21. The molecule has 3 rings (SSSR count). The summed E-state index contributed by atoms with van der Waals surface area (Å²) in [7, 11) is 0. The predicted octanol–water partition coefficient (Wildman–Crippen LogP) is 0.779. The van der Waals surface area contributed by atoms with Crippen molar-refractivity contribution in [3.63, 3.8) is 0 Å². The van der Waals surface area contributed by atoms with Crippen molar-refractivity contribution in [3.8, 4) is 0 Å². The van der Waals surface area contributed by atoms with Crippen LogP contribution in [0.25, 0.3) is 0 Å². The Morgan fingerprint density at radius 3 is 2.48 bits per heavy atom. The third-order valence-electron chi connectivity index (χ3n) is 4.67. The molecule has 116 valence electrons. The summed E-state index contributed by atoms with van der Waals surface area (Å²) in [5.74, 6) is 0.461. The summed E-state index contributed by atoms with van der Waals surface area (Å²) in [5.41, 5.74) is 0.917. The van der Waals surface area contributed by atoms with Gasteiger partial charge in [0.1, 0.15) is 0 Å². The topological polar surface area (TPSA) is 72.5 Å². The van der Waals surface area contributed by atoms with Crippen molar-refractivity contribution in [2.45, 2.75) is 44.8 Å². The summed E-state index contributed by atoms with van der Waals surface area (Å²) < 4.78 is 0. The molecule has 0 aromatic carbocycles. The van der Waals surface area contributed by atoms with Crippen LogP contribution in [-0.2, 0) is 0 Å². The van der Waals surface area contributed by atoms with Gasteiger partial charge in [-0.05, 0) is 32.6 Å². The SMILES string of the molecule is Cc1cnc(C(=O)N2CCC(N3CCC(O)CC3)CC2)[nH]1. The van der Waals surface area contributed by atoms with Crippen molar-refractivity contribution < 1.29 is 9.90 Å². The first-order chi connectivity index (χ1) is 10.1. The normalized spacial score (nSPS) is 22.7. The number of piperidine rings is 2. The van der Waals surface area contributed by atoms with E-state index in [2.05, 4.69) is 14.9 Å². The molecule has 6 heteroatoms. The van der Waals surface area contributed by atoms with Crippen LogP contribution in [0.4, 0.5) is 0 Å². The van der Waals surface area contributed by atoms with E-state index in [1.807, 2.05) is 11.8 Å². The number of H-pyrrole nitrogens is 1. The van der Waals surface area contributed by atoms with Crippen LogP contribution < -0.4 is 0 Å². The molecule has 0 saturated carbocycles. The summed E-state index contributed by atoms with van der Waals surface area (Å²) in [5, 5.41) is 9.58. The summed E-state index contributed by atoms with van der Waals surface area (Å²) in [6, 6.07) is 0.555. The van der Waals surface area contributed by atoms with Gasteiger partial charge in [0.25, 0.3) is 5.91 Å². The fraction of sp³-hybridized carbons (Fsp3) is 0.733. The van der Waals surface area contributed by atoms with Gasteiger partial charge in [0, 0.05) is 44.1 Å². The van der Waals surface area contributed by atoms with E-state index in [0.717, 1.165) is 57.6 Å². The largest absolute Gasteiger partial charge is 0.393 e. The van der Waals surface area contributed by atoms with E-state index in [1.165, 1.54) is 0 Å². The smallest absolute Gasteiger partial charge is 0.289 e. The number of amides is 1. The Kier molecular flexibility index (Phi) is 4.26. The van der Waals surface area contributed by atoms with E-state index in [0.29, 0.717) is 11.9 Å². The number of aromatic amines is 1. The number of likely N-dealkylation sites (tertiary alicyclic amines) is 2. The number of aromatic nitrogens is 2. The van der Waals surface area contributed by atoms with Gasteiger partial charge in [0.15, 0.2) is 5.82 Å². The van der Waals surface area contributed by atoms with Crippen molar-refractivity contribution in [1.29, 1.82) is 0 Å². The maximum atomic E-state index is 12.3. The van der Waals surface area contributed by atoms with E-state index < -0.39 is 0 Å². The first kappa shape index (κ1) is 14.5. The molecule has 2 aliphatic heterocycles. The molecule has 1 aromatic rings. The van der Waals surface area contributed by atoms with Crippen LogP contribution in [0.3, 0.4) is 0 Å². The van der Waals surface area contributed by atoms with Gasteiger partial charge >= 0.3 is 0 Å². The first-order valence-electron chi connectivity index (χ1n) is 7.86. The first-order valence-corrected chi connectivity index (χ1v) is 7.86. The Bertz CT molecular complexity index is 486. The second-order valence-electron chi connectivity index (χ2n) is 6.21. The fourth-order valence-electron chi connectivity index (χ4n) is 3.36. The molecule has 2 fully saturated rings. The summed E-state index contributed by atoms with van der Waals surface area (Å²) in [6.07, 6.45) is 5.36. The van der Waals surface area contributed by atoms with Crippen LogP contribution in [0.2, 0.25) is 0 Å². The lowest BCUT2D eigenvalue weighted by Gasteiger charge is -2.40. The molecule has 0 atom stereocenters. The molecule has 2 saturated heterocycles. The average molecular weight is 292 g/mol. The summed E-state index contributed by atoms with van der Waals surface area (Å²) >= 11 is 0. The third kappa shape index (κ3) is 3.27. The monoisotopic (exact) mass is 292 g/mol. The number of nitrogens with zero attached hydrogens (tertiary/aromatic N) is 3. The van der Waals surface area contributed by atoms with E-state index in [4.69, 9.17) is 0 Å². The zero-order chi connectivity index (χ0) is 14.8. The van der Waals surface area contributed by atoms with Crippen LogP contribution in [-0.4, -0.2) is 69.1 Å². The van der Waals surface area contributed by atoms with Crippen molar-refractivity contribution in [2.24, 2.45) is 0 Å². The number of carbonyl (C=O) groups is 1. The summed E-state index contributed by atoms with van der Waals surface area (Å²) in [6.45, 7) is 5.46. The average Bonchev–Trinajstić information content (AvgIpc) is 2.94. The van der Waals surface area contributed by atoms with Gasteiger partial charge in [0.2, 0.25) is 0 Å². The standard InChI is InChI=1S/C15H24N4O2/c1-11-10-16-14(17-11)15(21)19-6-2-12(3-7-19)18-8-4-13(20)5-9-18/h10,12-13,20H,2-9H2,1H3,(H,16,17). The Hall–Kier alpha value is -1.40. The molecule has 3 heterocycles. The quantitative estimate of drug-likeness (QED) is 0.845. The van der Waals surface area contributed by atoms with Gasteiger partial charge in [-0.15, -0.1) is 0 Å². The minimum Gasteiger partial charge on any atom is -0.393 e. The molecule has 2 N–H and O–H groups in total. The number of hydrogen-bond donors (Lipinski definition) is 2. The zero-order valence-corrected chi connectivity index (χ0v) is 12.6. The Balaban J connectivity index is 1.52. The third-order valence-corrected chi connectivity index (χ3v) is 4.67. The highest BCUT2D eigenvalue weighted by molar-refractivity contribution is 5.90. The lowest BCUT2D eigenvalue weighted by Crippen LogP contribution is -2.49. The lowest BCUT2D eigenvalue weighted by molar-refractivity contribution is 0.0353. The van der Waals surface area contributed by atoms with Crippen LogP contribution in [0.15, 0.2) is 6.20 Å². The van der Waals surface area contributed by atoms with E-state index >= 15 is 0 Å². The van der Waals surface area contributed by atoms with Crippen molar-refractivity contribution >= 4 is 5.91 Å². The van der Waals surface area contributed by atoms with Crippen molar-refractivity contribution in [1.82, 2.24) is 19.8 Å². The molecule has 0 spiro atoms. The van der Waals surface area contributed by atoms with Gasteiger partial charge in [-0.25, -0.2) is 4.98 Å². The number of aryl methyl sites for hydroxylation is 1. The number of carbonyl (C=O) groups excluding carboxylic acids is 1. The molecule has 6 nitrogen and oxygen atoms in total. The van der Waals surface area contributed by atoms with Gasteiger partial charge in [-0.1, -0.05) is 0 Å². The highest BCUT2D eigenvalue weighted by atomic mass is 16.3. The molecule has 0 bridgehead atoms. The highest BCUT2D eigenvalue weighted by Crippen LogP contribution is 2.21. The molecular weight excluding hydrogens is 268 g/mol. The molecular formula is C15H24N4O2. The van der Waals surface area contributed by atoms with E-state index in [1.54, 1.807) is 6.20 Å². The Labute approximate surface area is 125 Å². The maximum absolute atomic E-state index is 12.3. The van der Waals surface area contributed by atoms with Crippen LogP contribution in [0.5, 0.6) is 0 Å². The molecule has 2 aliphatic rings. The van der Waals surface area contributed by atoms with Crippen molar-refractivity contribution in [3.05, 3.63) is 17.7 Å². The predicted molar refractivity (Wildman–Crippen MR) is 79.1 cm³/mol. The van der Waals surface area contributed by atoms with Crippen molar-refractivity contribution in [2.75, 3.05) is 26.2 Å². The minimum atomic E-state index is -0.120. The van der Waals surface area contributed by atoms with Gasteiger partial charge in [0.05, 0.1) is 6.10 Å². The molecule has 1 aromatic heterocycles. The maximum Gasteiger partial charge on any atom is 0.289 e. The zero-order valence-electron chi connectivity index (χ0n) is 12.6. The van der Waals surface area contributed by atoms with Crippen LogP contribution >= 0.6 is 0 Å². The molecule has 21 heavy (non-hydrogen) atoms. The van der Waals surface area contributed by atoms with Gasteiger partial charge in [-0.2, -0.15) is 0 Å². The summed E-state index contributed by atoms with van der Waals surface area (Å²) in [4.78, 5) is 23.8. The Morgan fingerprint density at radius 2 is 1.90 bits per heavy atom. The number of hydrogen-bond acceptors (Lipinski definition) is 4. The second kappa shape index (κ2) is 6.15. The Morgan fingerprint density at radius 1 is 1.24 bits per heavy atom. The number of aliphatic hydroxyl groups excluding tert-OH is 1. The van der Waals surface area contributed by atoms with Gasteiger partial charge < -0.3 is 19.9 Å².